The number of aromatic nitrogens is 4. The van der Waals surface area contributed by atoms with Crippen LogP contribution in [0.2, 0.25) is 10.0 Å². The van der Waals surface area contributed by atoms with Crippen molar-refractivity contribution in [3.05, 3.63) is 184 Å². The van der Waals surface area contributed by atoms with E-state index in [0.29, 0.717) is 74.5 Å². The number of rotatable bonds is 13. The second-order valence-electron chi connectivity index (χ2n) is 16.9. The van der Waals surface area contributed by atoms with Gasteiger partial charge in [0.1, 0.15) is 17.1 Å². The monoisotopic (exact) mass is 1150 g/mol. The minimum absolute atomic E-state index is 0.0697. The number of halogens is 9. The summed E-state index contributed by atoms with van der Waals surface area (Å²) in [5, 5.41) is 7.87. The number of ether oxygens (including phenoxy) is 1. The number of nitrogens with one attached hydrogen (secondary N) is 3. The third kappa shape index (κ3) is 15.2. The van der Waals surface area contributed by atoms with Crippen molar-refractivity contribution >= 4 is 78.7 Å². The molecular formula is C54H49BrCl2F6N8O5. The quantitative estimate of drug-likeness (QED) is 0.0819. The number of carbonyl (C=O) groups excluding carboxylic acids is 2. The predicted molar refractivity (Wildman–Crippen MR) is 287 cm³/mol. The lowest BCUT2D eigenvalue weighted by Gasteiger charge is -2.15. The van der Waals surface area contributed by atoms with E-state index in [-0.39, 0.29) is 64.9 Å². The van der Waals surface area contributed by atoms with Crippen molar-refractivity contribution in [1.29, 1.82) is 0 Å². The molecule has 6 aromatic carbocycles. The van der Waals surface area contributed by atoms with E-state index in [1.807, 2.05) is 61.5 Å². The largest absolute Gasteiger partial charge is 0.497 e. The molecule has 2 amide bonds. The van der Waals surface area contributed by atoms with Gasteiger partial charge in [0.15, 0.2) is 0 Å². The first-order valence-corrected chi connectivity index (χ1v) is 24.6. The lowest BCUT2D eigenvalue weighted by Crippen LogP contribution is -2.31. The summed E-state index contributed by atoms with van der Waals surface area (Å²) in [6.45, 7) is 6.15. The van der Waals surface area contributed by atoms with Gasteiger partial charge in [-0.25, -0.2) is 9.97 Å². The van der Waals surface area contributed by atoms with Crippen LogP contribution in [0.25, 0.3) is 44.6 Å². The van der Waals surface area contributed by atoms with Crippen molar-refractivity contribution in [2.75, 3.05) is 25.5 Å². The highest BCUT2D eigenvalue weighted by molar-refractivity contribution is 9.10. The molecule has 76 heavy (non-hydrogen) atoms. The minimum Gasteiger partial charge on any atom is -0.497 e. The van der Waals surface area contributed by atoms with Gasteiger partial charge >= 0.3 is 12.4 Å². The van der Waals surface area contributed by atoms with Crippen molar-refractivity contribution in [3.8, 4) is 28.3 Å². The summed E-state index contributed by atoms with van der Waals surface area (Å²) in [5.74, 6) is 0.367. The molecule has 0 aliphatic carbocycles. The molecule has 13 nitrogen and oxygen atoms in total. The second kappa shape index (κ2) is 25.5. The molecule has 0 spiro atoms. The second-order valence-corrected chi connectivity index (χ2v) is 18.6. The normalized spacial score (nSPS) is 11.3. The summed E-state index contributed by atoms with van der Waals surface area (Å²) < 4.78 is 85.5. The lowest BCUT2D eigenvalue weighted by molar-refractivity contribution is -0.138. The summed E-state index contributed by atoms with van der Waals surface area (Å²) in [6, 6.07) is 32.9. The molecule has 0 atom stereocenters. The van der Waals surface area contributed by atoms with Crippen LogP contribution >= 0.6 is 39.1 Å². The summed E-state index contributed by atoms with van der Waals surface area (Å²) in [7, 11) is 1.59. The number of benzene rings is 6. The number of carbonyl (C=O) groups is 2. The number of nitrogens with two attached hydrogens (primary N) is 1. The highest BCUT2D eigenvalue weighted by atomic mass is 79.9. The lowest BCUT2D eigenvalue weighted by atomic mass is 10.1. The highest BCUT2D eigenvalue weighted by Crippen LogP contribution is 2.36. The zero-order valence-electron chi connectivity index (χ0n) is 41.1. The Balaban J connectivity index is 0.000000207. The average Bonchev–Trinajstić information content (AvgIpc) is 3.37. The number of alkyl halides is 6. The van der Waals surface area contributed by atoms with E-state index in [9.17, 15) is 45.5 Å². The van der Waals surface area contributed by atoms with E-state index in [1.54, 1.807) is 46.6 Å². The Kier molecular flexibility index (Phi) is 19.5. The summed E-state index contributed by atoms with van der Waals surface area (Å²) in [4.78, 5) is 58.2. The molecule has 0 fully saturated rings. The number of fused-ring (bicyclic) bond motifs is 2. The van der Waals surface area contributed by atoms with Crippen LogP contribution < -0.4 is 37.5 Å². The zero-order valence-corrected chi connectivity index (χ0v) is 44.2. The number of hydrogen-bond acceptors (Lipinski definition) is 9. The summed E-state index contributed by atoms with van der Waals surface area (Å²) in [6.07, 6.45) is -8.97. The van der Waals surface area contributed by atoms with Gasteiger partial charge in [-0.1, -0.05) is 81.1 Å². The van der Waals surface area contributed by atoms with E-state index in [0.717, 1.165) is 22.2 Å². The Morgan fingerprint density at radius 2 is 1.11 bits per heavy atom. The molecule has 2 heterocycles. The first-order chi connectivity index (χ1) is 36.0. The molecule has 5 N–H and O–H groups in total. The number of hydrogen-bond donors (Lipinski definition) is 4. The van der Waals surface area contributed by atoms with Crippen LogP contribution in [0, 0.1) is 6.92 Å². The minimum atomic E-state index is -4.55. The topological polar surface area (TPSA) is 175 Å². The Labute approximate surface area is 450 Å². The number of nitrogens with zero attached hydrogens (tertiary/aromatic N) is 4. The van der Waals surface area contributed by atoms with E-state index in [1.165, 1.54) is 38.1 Å². The number of methoxy groups -OCH3 is 1. The Morgan fingerprint density at radius 3 is 1.58 bits per heavy atom. The first kappa shape index (κ1) is 58.0. The number of aryl methyl sites for hydroxylation is 1. The van der Waals surface area contributed by atoms with Gasteiger partial charge in [-0.3, -0.25) is 19.2 Å². The van der Waals surface area contributed by atoms with Crippen LogP contribution in [0.4, 0.5) is 32.0 Å². The standard InChI is InChI=1S/C27H24ClF3N4O2.C19H18BrN3O3.C8H7ClF3N/c1-16-3-6-19(7-4-16)25-26(37)35(12-11-32-17(2)36)24-14-20(8-10-23(24)34-25)33-15-18-5-9-22(28)21(13-18)27(29,30)31;1-12(24)21-9-10-23-17-11-14(20)5-8-16(17)22-18(19(23)25)13-3-6-15(26-2)7-4-13;9-7-2-1-5(4-13)3-6(7)8(10,11)12/h3-10,13-14,33H,11-12,15H2,1-2H3,(H,32,36);3-8,11H,9-10H2,1-2H3,(H,21,24);1-3H,4,13H2. The molecule has 0 bridgehead atoms. The third-order valence-corrected chi connectivity index (χ3v) is 12.5. The number of anilines is 1. The fourth-order valence-corrected chi connectivity index (χ4v) is 8.35. The van der Waals surface area contributed by atoms with Crippen LogP contribution in [0.15, 0.2) is 135 Å². The van der Waals surface area contributed by atoms with Gasteiger partial charge < -0.3 is 35.6 Å². The van der Waals surface area contributed by atoms with Crippen molar-refractivity contribution in [2.24, 2.45) is 5.73 Å². The Morgan fingerprint density at radius 1 is 0.645 bits per heavy atom. The molecule has 0 unspecified atom stereocenters. The molecule has 0 aliphatic rings. The molecular weight excluding hydrogens is 1110 g/mol. The SMILES string of the molecule is CC(=O)NCCn1c(=O)c(-c2ccc(C)cc2)nc2ccc(NCc3ccc(Cl)c(C(F)(F)F)c3)cc21.COc1ccc(-c2nc3ccc(Br)cc3n(CCNC(C)=O)c2=O)cc1.NCc1ccc(Cl)c(C(F)(F)F)c1. The van der Waals surface area contributed by atoms with Gasteiger partial charge in [-0.15, -0.1) is 0 Å². The number of amides is 2. The molecule has 2 aromatic heterocycles. The van der Waals surface area contributed by atoms with E-state index in [4.69, 9.17) is 33.7 Å². The Hall–Kier alpha value is -7.26. The van der Waals surface area contributed by atoms with E-state index >= 15 is 0 Å². The molecule has 398 valence electrons. The van der Waals surface area contributed by atoms with Crippen LogP contribution in [0.3, 0.4) is 0 Å². The van der Waals surface area contributed by atoms with Crippen molar-refractivity contribution in [2.45, 2.75) is 59.3 Å². The maximum absolute atomic E-state index is 13.4. The maximum atomic E-state index is 13.4. The van der Waals surface area contributed by atoms with Gasteiger partial charge in [-0.05, 0) is 103 Å². The molecule has 22 heteroatoms. The van der Waals surface area contributed by atoms with E-state index < -0.39 is 23.5 Å². The van der Waals surface area contributed by atoms with Gasteiger partial charge in [0.25, 0.3) is 11.1 Å². The predicted octanol–water partition coefficient (Wildman–Crippen LogP) is 11.6. The van der Waals surface area contributed by atoms with Crippen molar-refractivity contribution in [3.63, 3.8) is 0 Å². The first-order valence-electron chi connectivity index (χ1n) is 23.1. The van der Waals surface area contributed by atoms with Crippen molar-refractivity contribution in [1.82, 2.24) is 29.7 Å². The van der Waals surface area contributed by atoms with Crippen LogP contribution in [-0.4, -0.2) is 51.1 Å². The third-order valence-electron chi connectivity index (χ3n) is 11.4. The maximum Gasteiger partial charge on any atom is 0.417 e. The molecule has 0 radical (unpaired) electrons. The van der Waals surface area contributed by atoms with Gasteiger partial charge in [0, 0.05) is 74.4 Å². The molecule has 0 saturated heterocycles. The van der Waals surface area contributed by atoms with Crippen molar-refractivity contribution < 1.29 is 40.7 Å². The van der Waals surface area contributed by atoms with E-state index in [2.05, 4.69) is 41.8 Å². The average molecular weight is 1150 g/mol. The fraction of sp³-hybridized carbons (Fsp3) is 0.222. The molecule has 8 rings (SSSR count). The van der Waals surface area contributed by atoms with Gasteiger partial charge in [0.05, 0.1) is 50.3 Å². The summed E-state index contributed by atoms with van der Waals surface area (Å²) in [5.41, 5.74) is 9.97. The van der Waals surface area contributed by atoms with Crippen LogP contribution in [0.5, 0.6) is 5.75 Å². The van der Waals surface area contributed by atoms with Crippen LogP contribution in [-0.2, 0) is 48.1 Å². The zero-order chi connectivity index (χ0) is 55.5. The molecule has 0 aliphatic heterocycles. The molecule has 0 saturated carbocycles. The smallest absolute Gasteiger partial charge is 0.417 e. The fourth-order valence-electron chi connectivity index (χ4n) is 7.55. The van der Waals surface area contributed by atoms with Gasteiger partial charge in [0.2, 0.25) is 11.8 Å². The Bertz CT molecular complexity index is 3500. The van der Waals surface area contributed by atoms with Gasteiger partial charge in [-0.2, -0.15) is 26.3 Å². The summed E-state index contributed by atoms with van der Waals surface area (Å²) >= 11 is 14.5. The highest BCUT2D eigenvalue weighted by Gasteiger charge is 2.34. The van der Waals surface area contributed by atoms with Crippen LogP contribution in [0.1, 0.15) is 41.7 Å². The molecule has 8 aromatic rings.